The Morgan fingerprint density at radius 2 is 1.76 bits per heavy atom. The highest BCUT2D eigenvalue weighted by Gasteiger charge is 2.02. The maximum Gasteiger partial charge on any atom is 0.125 e. The lowest BCUT2D eigenvalue weighted by Crippen LogP contribution is -2.29. The molecular formula is C14H24N2O. The average Bonchev–Trinajstić information content (AvgIpc) is 2.26. The second kappa shape index (κ2) is 7.30. The van der Waals surface area contributed by atoms with E-state index in [1.165, 1.54) is 11.1 Å². The highest BCUT2D eigenvalue weighted by Crippen LogP contribution is 2.21. The molecule has 0 aliphatic carbocycles. The average molecular weight is 236 g/mol. The smallest absolute Gasteiger partial charge is 0.125 e. The van der Waals surface area contributed by atoms with Gasteiger partial charge in [0.1, 0.15) is 12.4 Å². The molecule has 0 heterocycles. The molecule has 0 saturated heterocycles. The maximum absolute atomic E-state index is 5.80. The molecule has 0 aliphatic rings. The van der Waals surface area contributed by atoms with E-state index < -0.39 is 0 Å². The number of nitrogens with one attached hydrogen (secondary N) is 1. The molecule has 0 fully saturated rings. The molecule has 0 unspecified atom stereocenters. The van der Waals surface area contributed by atoms with Crippen LogP contribution in [0.25, 0.3) is 0 Å². The maximum atomic E-state index is 5.80. The quantitative estimate of drug-likeness (QED) is 0.731. The number of nitrogens with zero attached hydrogens (tertiary/aromatic N) is 1. The highest BCUT2D eigenvalue weighted by molar-refractivity contribution is 5.39. The van der Waals surface area contributed by atoms with Crippen LogP contribution in [0, 0.1) is 13.8 Å². The minimum Gasteiger partial charge on any atom is -0.492 e. The van der Waals surface area contributed by atoms with Crippen LogP contribution in [0.15, 0.2) is 18.2 Å². The molecule has 3 nitrogen and oxygen atoms in total. The predicted molar refractivity (Wildman–Crippen MR) is 72.8 cm³/mol. The summed E-state index contributed by atoms with van der Waals surface area (Å²) in [6.45, 7) is 7.84. The number of hydrogen-bond donors (Lipinski definition) is 1. The molecule has 0 spiro atoms. The highest BCUT2D eigenvalue weighted by atomic mass is 16.5. The SMILES string of the molecule is Cc1cccc(C)c1OCCNCCN(C)C. The molecule has 0 aliphatic heterocycles. The third-order valence-electron chi connectivity index (χ3n) is 2.67. The zero-order valence-electron chi connectivity index (χ0n) is 11.4. The molecule has 0 bridgehead atoms. The fraction of sp³-hybridized carbons (Fsp3) is 0.571. The molecule has 1 rings (SSSR count). The Bertz CT molecular complexity index is 317. The Balaban J connectivity index is 2.22. The van der Waals surface area contributed by atoms with Crippen LogP contribution in [-0.2, 0) is 0 Å². The van der Waals surface area contributed by atoms with E-state index in [0.717, 1.165) is 32.0 Å². The molecule has 1 aromatic rings. The van der Waals surface area contributed by atoms with Crippen molar-refractivity contribution in [2.45, 2.75) is 13.8 Å². The van der Waals surface area contributed by atoms with E-state index in [4.69, 9.17) is 4.74 Å². The van der Waals surface area contributed by atoms with Crippen molar-refractivity contribution in [3.05, 3.63) is 29.3 Å². The van der Waals surface area contributed by atoms with Crippen LogP contribution in [0.2, 0.25) is 0 Å². The zero-order valence-corrected chi connectivity index (χ0v) is 11.4. The van der Waals surface area contributed by atoms with Crippen molar-refractivity contribution >= 4 is 0 Å². The largest absolute Gasteiger partial charge is 0.492 e. The van der Waals surface area contributed by atoms with E-state index in [0.29, 0.717) is 0 Å². The van der Waals surface area contributed by atoms with Gasteiger partial charge in [0.2, 0.25) is 0 Å². The van der Waals surface area contributed by atoms with Gasteiger partial charge < -0.3 is 15.0 Å². The third kappa shape index (κ3) is 5.20. The minimum atomic E-state index is 0.721. The molecule has 0 saturated carbocycles. The van der Waals surface area contributed by atoms with Gasteiger partial charge in [-0.25, -0.2) is 0 Å². The number of likely N-dealkylation sites (N-methyl/N-ethyl adjacent to an activating group) is 1. The molecule has 1 N–H and O–H groups in total. The first-order chi connectivity index (χ1) is 8.11. The van der Waals surface area contributed by atoms with Crippen LogP contribution in [-0.4, -0.2) is 45.2 Å². The van der Waals surface area contributed by atoms with Gasteiger partial charge >= 0.3 is 0 Å². The molecule has 3 heteroatoms. The predicted octanol–water partition coefficient (Wildman–Crippen LogP) is 1.83. The first-order valence-corrected chi connectivity index (χ1v) is 6.15. The van der Waals surface area contributed by atoms with Crippen LogP contribution in [0.4, 0.5) is 0 Å². The lowest BCUT2D eigenvalue weighted by molar-refractivity contribution is 0.305. The van der Waals surface area contributed by atoms with Crippen molar-refractivity contribution in [1.29, 1.82) is 0 Å². The van der Waals surface area contributed by atoms with E-state index in [2.05, 4.69) is 56.4 Å². The molecule has 0 amide bonds. The van der Waals surface area contributed by atoms with Crippen molar-refractivity contribution in [3.8, 4) is 5.75 Å². The Morgan fingerprint density at radius 3 is 2.35 bits per heavy atom. The zero-order chi connectivity index (χ0) is 12.7. The van der Waals surface area contributed by atoms with E-state index in [-0.39, 0.29) is 0 Å². The van der Waals surface area contributed by atoms with Crippen molar-refractivity contribution in [2.24, 2.45) is 0 Å². The number of hydrogen-bond acceptors (Lipinski definition) is 3. The number of aryl methyl sites for hydroxylation is 2. The van der Waals surface area contributed by atoms with Gasteiger partial charge in [-0.05, 0) is 39.1 Å². The monoisotopic (exact) mass is 236 g/mol. The van der Waals surface area contributed by atoms with Crippen LogP contribution in [0.3, 0.4) is 0 Å². The topological polar surface area (TPSA) is 24.5 Å². The van der Waals surface area contributed by atoms with E-state index in [9.17, 15) is 0 Å². The number of ether oxygens (including phenoxy) is 1. The van der Waals surface area contributed by atoms with Gasteiger partial charge in [-0.2, -0.15) is 0 Å². The summed E-state index contributed by atoms with van der Waals surface area (Å²) in [5.41, 5.74) is 2.41. The molecule has 96 valence electrons. The minimum absolute atomic E-state index is 0.721. The van der Waals surface area contributed by atoms with Gasteiger partial charge in [0, 0.05) is 19.6 Å². The van der Waals surface area contributed by atoms with Crippen LogP contribution >= 0.6 is 0 Å². The number of rotatable bonds is 7. The fourth-order valence-electron chi connectivity index (χ4n) is 1.68. The van der Waals surface area contributed by atoms with Crippen molar-refractivity contribution in [3.63, 3.8) is 0 Å². The summed E-state index contributed by atoms with van der Waals surface area (Å²) in [5.74, 6) is 1.03. The van der Waals surface area contributed by atoms with Crippen molar-refractivity contribution in [1.82, 2.24) is 10.2 Å². The summed E-state index contributed by atoms with van der Waals surface area (Å²) in [6.07, 6.45) is 0. The molecule has 17 heavy (non-hydrogen) atoms. The second-order valence-corrected chi connectivity index (χ2v) is 4.62. The number of benzene rings is 1. The van der Waals surface area contributed by atoms with Gasteiger partial charge in [-0.1, -0.05) is 18.2 Å². The normalized spacial score (nSPS) is 10.9. The Kier molecular flexibility index (Phi) is 6.01. The second-order valence-electron chi connectivity index (χ2n) is 4.62. The van der Waals surface area contributed by atoms with Crippen molar-refractivity contribution in [2.75, 3.05) is 40.3 Å². The van der Waals surface area contributed by atoms with Crippen LogP contribution in [0.1, 0.15) is 11.1 Å². The molecule has 0 radical (unpaired) electrons. The molecule has 0 aromatic heterocycles. The summed E-state index contributed by atoms with van der Waals surface area (Å²) >= 11 is 0. The van der Waals surface area contributed by atoms with E-state index in [1.807, 2.05) is 0 Å². The van der Waals surface area contributed by atoms with Gasteiger partial charge in [-0.15, -0.1) is 0 Å². The van der Waals surface area contributed by atoms with Gasteiger partial charge in [0.15, 0.2) is 0 Å². The lowest BCUT2D eigenvalue weighted by Gasteiger charge is -2.13. The summed E-state index contributed by atoms with van der Waals surface area (Å²) in [6, 6.07) is 6.23. The standard InChI is InChI=1S/C14H24N2O/c1-12-6-5-7-13(2)14(12)17-11-9-15-8-10-16(3)4/h5-7,15H,8-11H2,1-4H3. The summed E-state index contributed by atoms with van der Waals surface area (Å²) < 4.78 is 5.80. The summed E-state index contributed by atoms with van der Waals surface area (Å²) in [4.78, 5) is 2.17. The Labute approximate surface area is 105 Å². The first kappa shape index (κ1) is 14.0. The molecule has 0 atom stereocenters. The first-order valence-electron chi connectivity index (χ1n) is 6.15. The van der Waals surface area contributed by atoms with E-state index >= 15 is 0 Å². The molecular weight excluding hydrogens is 212 g/mol. The summed E-state index contributed by atoms with van der Waals surface area (Å²) in [5, 5.41) is 3.36. The van der Waals surface area contributed by atoms with E-state index in [1.54, 1.807) is 0 Å². The van der Waals surface area contributed by atoms with Gasteiger partial charge in [0.25, 0.3) is 0 Å². The Morgan fingerprint density at radius 1 is 1.12 bits per heavy atom. The van der Waals surface area contributed by atoms with Crippen molar-refractivity contribution < 1.29 is 4.74 Å². The van der Waals surface area contributed by atoms with Gasteiger partial charge in [0.05, 0.1) is 0 Å². The molecule has 1 aromatic carbocycles. The third-order valence-corrected chi connectivity index (χ3v) is 2.67. The fourth-order valence-corrected chi connectivity index (χ4v) is 1.68. The van der Waals surface area contributed by atoms with Crippen LogP contribution in [0.5, 0.6) is 5.75 Å². The van der Waals surface area contributed by atoms with Crippen LogP contribution < -0.4 is 10.1 Å². The Hall–Kier alpha value is -1.06. The lowest BCUT2D eigenvalue weighted by atomic mass is 10.1. The summed E-state index contributed by atoms with van der Waals surface area (Å²) in [7, 11) is 4.16. The van der Waals surface area contributed by atoms with Gasteiger partial charge in [-0.3, -0.25) is 0 Å². The number of para-hydroxylation sites is 1.